The Kier molecular flexibility index (Phi) is 5.00. The number of fused-ring (bicyclic) bond motifs is 1. The fourth-order valence-electron chi connectivity index (χ4n) is 2.32. The number of amides is 1. The third kappa shape index (κ3) is 4.16. The Labute approximate surface area is 148 Å². The maximum atomic E-state index is 11.9. The van der Waals surface area contributed by atoms with E-state index in [4.69, 9.17) is 20.8 Å². The van der Waals surface area contributed by atoms with E-state index in [9.17, 15) is 9.59 Å². The van der Waals surface area contributed by atoms with Crippen LogP contribution in [0.1, 0.15) is 11.3 Å². The van der Waals surface area contributed by atoms with Crippen LogP contribution in [0.25, 0.3) is 11.0 Å². The minimum Gasteiger partial charge on any atom is -0.482 e. The summed E-state index contributed by atoms with van der Waals surface area (Å²) in [7, 11) is 0. The third-order valence-electron chi connectivity index (χ3n) is 3.56. The Morgan fingerprint density at radius 1 is 1.32 bits per heavy atom. The van der Waals surface area contributed by atoms with Crippen molar-refractivity contribution in [3.05, 3.63) is 69.3 Å². The topological polar surface area (TPSA) is 81.4 Å². The van der Waals surface area contributed by atoms with Gasteiger partial charge in [0, 0.05) is 23.7 Å². The molecular weight excluding hydrogens is 344 g/mol. The molecular formula is C18H15ClN2O4. The average molecular weight is 359 g/mol. The summed E-state index contributed by atoms with van der Waals surface area (Å²) in [4.78, 5) is 27.5. The Balaban J connectivity index is 1.67. The normalized spacial score (nSPS) is 10.6. The zero-order valence-corrected chi connectivity index (χ0v) is 14.2. The summed E-state index contributed by atoms with van der Waals surface area (Å²) >= 11 is 6.18. The van der Waals surface area contributed by atoms with Crippen LogP contribution in [0.3, 0.4) is 0 Å². The highest BCUT2D eigenvalue weighted by Crippen LogP contribution is 2.30. The van der Waals surface area contributed by atoms with E-state index < -0.39 is 5.63 Å². The first-order valence-corrected chi connectivity index (χ1v) is 7.94. The number of carbonyl (C=O) groups excluding carboxylic acids is 1. The molecule has 0 radical (unpaired) electrons. The summed E-state index contributed by atoms with van der Waals surface area (Å²) < 4.78 is 10.6. The minimum atomic E-state index is -0.452. The molecule has 3 rings (SSSR count). The summed E-state index contributed by atoms with van der Waals surface area (Å²) in [5.74, 6) is -0.0385. The fourth-order valence-corrected chi connectivity index (χ4v) is 2.53. The second-order valence-electron chi connectivity index (χ2n) is 5.41. The van der Waals surface area contributed by atoms with Crippen molar-refractivity contribution in [1.29, 1.82) is 0 Å². The predicted octanol–water partition coefficient (Wildman–Crippen LogP) is 2.85. The molecule has 0 atom stereocenters. The lowest BCUT2D eigenvalue weighted by Crippen LogP contribution is -2.28. The SMILES string of the molecule is Cc1cc(=O)oc2cc(OCC(=O)NCc3ccccn3)c(Cl)cc12. The van der Waals surface area contributed by atoms with E-state index in [1.165, 1.54) is 12.1 Å². The summed E-state index contributed by atoms with van der Waals surface area (Å²) in [6.07, 6.45) is 1.66. The van der Waals surface area contributed by atoms with Gasteiger partial charge in [0.15, 0.2) is 6.61 Å². The number of hydrogen-bond acceptors (Lipinski definition) is 5. The van der Waals surface area contributed by atoms with Crippen molar-refractivity contribution >= 4 is 28.5 Å². The Morgan fingerprint density at radius 2 is 2.16 bits per heavy atom. The Morgan fingerprint density at radius 3 is 2.92 bits per heavy atom. The highest BCUT2D eigenvalue weighted by Gasteiger charge is 2.11. The van der Waals surface area contributed by atoms with Crippen molar-refractivity contribution < 1.29 is 13.9 Å². The second-order valence-corrected chi connectivity index (χ2v) is 5.82. The largest absolute Gasteiger partial charge is 0.482 e. The van der Waals surface area contributed by atoms with Gasteiger partial charge in [0.25, 0.3) is 5.91 Å². The molecule has 0 fully saturated rings. The number of halogens is 1. The van der Waals surface area contributed by atoms with Gasteiger partial charge < -0.3 is 14.5 Å². The first kappa shape index (κ1) is 17.0. The number of carbonyl (C=O) groups is 1. The number of pyridine rings is 1. The highest BCUT2D eigenvalue weighted by molar-refractivity contribution is 6.32. The molecule has 1 N–H and O–H groups in total. The van der Waals surface area contributed by atoms with E-state index in [1.807, 2.05) is 12.1 Å². The molecule has 0 bridgehead atoms. The molecule has 6 nitrogen and oxygen atoms in total. The molecule has 0 aliphatic carbocycles. The molecule has 0 saturated heterocycles. The monoisotopic (exact) mass is 358 g/mol. The lowest BCUT2D eigenvalue weighted by molar-refractivity contribution is -0.123. The number of benzene rings is 1. The summed E-state index contributed by atoms with van der Waals surface area (Å²) in [5, 5.41) is 3.76. The third-order valence-corrected chi connectivity index (χ3v) is 3.85. The molecule has 128 valence electrons. The number of nitrogens with one attached hydrogen (secondary N) is 1. The molecule has 0 aliphatic heterocycles. The molecule has 3 aromatic rings. The summed E-state index contributed by atoms with van der Waals surface area (Å²) in [6, 6.07) is 10.0. The van der Waals surface area contributed by atoms with Crippen molar-refractivity contribution in [3.63, 3.8) is 0 Å². The van der Waals surface area contributed by atoms with Crippen molar-refractivity contribution in [3.8, 4) is 5.75 Å². The zero-order chi connectivity index (χ0) is 17.8. The molecule has 2 aromatic heterocycles. The summed E-state index contributed by atoms with van der Waals surface area (Å²) in [6.45, 7) is 1.89. The summed E-state index contributed by atoms with van der Waals surface area (Å²) in [5.41, 5.74) is 1.41. The first-order chi connectivity index (χ1) is 12.0. The van der Waals surface area contributed by atoms with Crippen molar-refractivity contribution in [1.82, 2.24) is 10.3 Å². The zero-order valence-electron chi connectivity index (χ0n) is 13.4. The van der Waals surface area contributed by atoms with E-state index in [1.54, 1.807) is 25.3 Å². The molecule has 0 aliphatic rings. The second kappa shape index (κ2) is 7.36. The number of ether oxygens (including phenoxy) is 1. The number of aromatic nitrogens is 1. The van der Waals surface area contributed by atoms with Crippen LogP contribution >= 0.6 is 11.6 Å². The standard InChI is InChI=1S/C18H15ClN2O4/c1-11-6-18(23)25-15-8-16(14(19)7-13(11)15)24-10-17(22)21-9-12-4-2-3-5-20-12/h2-8H,9-10H2,1H3,(H,21,22). The average Bonchev–Trinajstić information content (AvgIpc) is 2.60. The van der Waals surface area contributed by atoms with Gasteiger partial charge in [-0.3, -0.25) is 9.78 Å². The maximum absolute atomic E-state index is 11.9. The van der Waals surface area contributed by atoms with Crippen LogP contribution in [-0.4, -0.2) is 17.5 Å². The molecule has 0 unspecified atom stereocenters. The van der Waals surface area contributed by atoms with Crippen LogP contribution in [0.15, 0.2) is 51.8 Å². The maximum Gasteiger partial charge on any atom is 0.336 e. The van der Waals surface area contributed by atoms with E-state index in [0.29, 0.717) is 17.2 Å². The molecule has 0 saturated carbocycles. The molecule has 2 heterocycles. The van der Waals surface area contributed by atoms with Gasteiger partial charge in [-0.15, -0.1) is 0 Å². The number of rotatable bonds is 5. The van der Waals surface area contributed by atoms with Gasteiger partial charge in [0.05, 0.1) is 17.3 Å². The smallest absolute Gasteiger partial charge is 0.336 e. The lowest BCUT2D eigenvalue weighted by atomic mass is 10.1. The molecule has 25 heavy (non-hydrogen) atoms. The van der Waals surface area contributed by atoms with Gasteiger partial charge in [0.1, 0.15) is 11.3 Å². The van der Waals surface area contributed by atoms with Crippen molar-refractivity contribution in [2.24, 2.45) is 0 Å². The van der Waals surface area contributed by atoms with Crippen LogP contribution in [0.4, 0.5) is 0 Å². The van der Waals surface area contributed by atoms with Gasteiger partial charge in [-0.1, -0.05) is 17.7 Å². The van der Waals surface area contributed by atoms with Gasteiger partial charge in [0.2, 0.25) is 0 Å². The van der Waals surface area contributed by atoms with Crippen molar-refractivity contribution in [2.45, 2.75) is 13.5 Å². The van der Waals surface area contributed by atoms with E-state index in [2.05, 4.69) is 10.3 Å². The van der Waals surface area contributed by atoms with E-state index in [-0.39, 0.29) is 18.3 Å². The van der Waals surface area contributed by atoms with Crippen LogP contribution in [0.5, 0.6) is 5.75 Å². The van der Waals surface area contributed by atoms with Gasteiger partial charge in [-0.25, -0.2) is 4.79 Å². The van der Waals surface area contributed by atoms with Gasteiger partial charge in [-0.05, 0) is 30.7 Å². The fraction of sp³-hybridized carbons (Fsp3) is 0.167. The lowest BCUT2D eigenvalue weighted by Gasteiger charge is -2.10. The van der Waals surface area contributed by atoms with Crippen LogP contribution in [0.2, 0.25) is 5.02 Å². The molecule has 0 spiro atoms. The van der Waals surface area contributed by atoms with E-state index >= 15 is 0 Å². The van der Waals surface area contributed by atoms with Gasteiger partial charge >= 0.3 is 5.63 Å². The Bertz CT molecular complexity index is 970. The molecule has 7 heteroatoms. The number of aryl methyl sites for hydroxylation is 1. The number of nitrogens with zero attached hydrogens (tertiary/aromatic N) is 1. The molecule has 1 amide bonds. The van der Waals surface area contributed by atoms with Gasteiger partial charge in [-0.2, -0.15) is 0 Å². The van der Waals surface area contributed by atoms with Crippen LogP contribution in [0, 0.1) is 6.92 Å². The van der Waals surface area contributed by atoms with E-state index in [0.717, 1.165) is 16.6 Å². The number of hydrogen-bond donors (Lipinski definition) is 1. The predicted molar refractivity (Wildman–Crippen MR) is 93.8 cm³/mol. The minimum absolute atomic E-state index is 0.214. The van der Waals surface area contributed by atoms with Crippen molar-refractivity contribution in [2.75, 3.05) is 6.61 Å². The van der Waals surface area contributed by atoms with Crippen LogP contribution in [-0.2, 0) is 11.3 Å². The molecule has 1 aromatic carbocycles. The first-order valence-electron chi connectivity index (χ1n) is 7.56. The highest BCUT2D eigenvalue weighted by atomic mass is 35.5. The quantitative estimate of drug-likeness (QED) is 0.709. The Hall–Kier alpha value is -2.86. The van der Waals surface area contributed by atoms with Crippen LogP contribution < -0.4 is 15.7 Å².